The van der Waals surface area contributed by atoms with Gasteiger partial charge in [-0.25, -0.2) is 8.42 Å². The molecule has 0 saturated carbocycles. The van der Waals surface area contributed by atoms with E-state index in [1.54, 1.807) is 18.2 Å². The molecule has 0 bridgehead atoms. The lowest BCUT2D eigenvalue weighted by Crippen LogP contribution is -2.53. The first-order valence-corrected chi connectivity index (χ1v) is 13.4. The van der Waals surface area contributed by atoms with Gasteiger partial charge >= 0.3 is 0 Å². The number of hydrogen-bond donors (Lipinski definition) is 2. The molecule has 2 atom stereocenters. The molecule has 2 heterocycles. The van der Waals surface area contributed by atoms with Crippen molar-refractivity contribution in [2.45, 2.75) is 56.3 Å². The number of aliphatic hydroxyl groups excluding tert-OH is 1. The highest BCUT2D eigenvalue weighted by molar-refractivity contribution is 7.92. The second-order valence-corrected chi connectivity index (χ2v) is 11.4. The van der Waals surface area contributed by atoms with Crippen molar-refractivity contribution in [2.75, 3.05) is 24.1 Å². The second kappa shape index (κ2) is 11.3. The van der Waals surface area contributed by atoms with Crippen molar-refractivity contribution in [2.24, 2.45) is 0 Å². The third-order valence-corrected chi connectivity index (χ3v) is 7.93. The van der Waals surface area contributed by atoms with Crippen LogP contribution in [-0.4, -0.2) is 60.4 Å². The van der Waals surface area contributed by atoms with Gasteiger partial charge in [0.15, 0.2) is 0 Å². The quantitative estimate of drug-likeness (QED) is 0.604. The van der Waals surface area contributed by atoms with E-state index >= 15 is 0 Å². The van der Waals surface area contributed by atoms with Gasteiger partial charge in [-0.3, -0.25) is 9.62 Å². The van der Waals surface area contributed by atoms with Gasteiger partial charge in [-0.05, 0) is 73.6 Å². The predicted molar refractivity (Wildman–Crippen MR) is 140 cm³/mol. The Morgan fingerprint density at radius 2 is 1.86 bits per heavy atom. The molecule has 11 heteroatoms. The number of fused-ring (bicyclic) bond motifs is 2. The summed E-state index contributed by atoms with van der Waals surface area (Å²) in [6, 6.07) is 13.9. The van der Waals surface area contributed by atoms with Crippen LogP contribution in [0, 0.1) is 11.3 Å². The molecular weight excluding hydrogens is 506 g/mol. The first-order valence-electron chi connectivity index (χ1n) is 11.5. The molecule has 0 aromatic heterocycles. The van der Waals surface area contributed by atoms with Crippen LogP contribution in [-0.2, 0) is 22.9 Å². The lowest BCUT2D eigenvalue weighted by Gasteiger charge is -2.48. The number of nitriles is 1. The zero-order chi connectivity index (χ0) is 23.2. The van der Waals surface area contributed by atoms with Gasteiger partial charge in [0.25, 0.3) is 0 Å². The minimum atomic E-state index is -3.38. The predicted octanol–water partition coefficient (Wildman–Crippen LogP) is 1.91. The highest BCUT2D eigenvalue weighted by atomic mass is 35.5. The fourth-order valence-corrected chi connectivity index (χ4v) is 6.19. The Kier molecular flexibility index (Phi) is 9.40. The van der Waals surface area contributed by atoms with Crippen LogP contribution in [0.25, 0.3) is 0 Å². The van der Waals surface area contributed by atoms with Crippen LogP contribution in [0.3, 0.4) is 0 Å². The van der Waals surface area contributed by atoms with Gasteiger partial charge in [-0.2, -0.15) is 5.26 Å². The van der Waals surface area contributed by atoms with Crippen molar-refractivity contribution < 1.29 is 29.2 Å². The van der Waals surface area contributed by atoms with Gasteiger partial charge in [0, 0.05) is 36.8 Å². The summed E-state index contributed by atoms with van der Waals surface area (Å²) in [5.41, 5.74) is 4.07. The molecule has 0 amide bonds. The number of nitrogens with one attached hydrogen (secondary N) is 1. The maximum Gasteiger partial charge on any atom is 0.229 e. The third kappa shape index (κ3) is 6.11. The molecule has 1 spiro atoms. The number of ether oxygens (including phenoxy) is 1. The lowest BCUT2D eigenvalue weighted by molar-refractivity contribution is -0.0608. The summed E-state index contributed by atoms with van der Waals surface area (Å²) in [6.45, 7) is 1.85. The average Bonchev–Trinajstić information content (AvgIpc) is 2.78. The monoisotopic (exact) mass is 539 g/mol. The maximum absolute atomic E-state index is 11.5. The molecule has 0 radical (unpaired) electrons. The van der Waals surface area contributed by atoms with Crippen molar-refractivity contribution in [3.05, 3.63) is 58.7 Å². The number of sulfonamides is 1. The fraction of sp³-hybridized carbons (Fsp3) is 0.480. The first-order chi connectivity index (χ1) is 15.7. The number of piperidine rings is 1. The van der Waals surface area contributed by atoms with E-state index in [4.69, 9.17) is 10.00 Å². The SMILES string of the molecule is CS(=O)(=O)Nc1ccc2c(c1)[C@H](O)CC1(CCN([C@@H]3CCc4cc(C#N)ccc4C3)CC1)O2.Cl.O.O. The summed E-state index contributed by atoms with van der Waals surface area (Å²) in [5.74, 6) is 0.640. The summed E-state index contributed by atoms with van der Waals surface area (Å²) in [7, 11) is -3.38. The van der Waals surface area contributed by atoms with Crippen LogP contribution in [0.4, 0.5) is 5.69 Å². The Morgan fingerprint density at radius 1 is 1.14 bits per heavy atom. The third-order valence-electron chi connectivity index (χ3n) is 7.33. The highest BCUT2D eigenvalue weighted by Gasteiger charge is 2.44. The molecule has 198 valence electrons. The van der Waals surface area contributed by atoms with Gasteiger partial charge in [-0.15, -0.1) is 12.4 Å². The van der Waals surface area contributed by atoms with E-state index in [0.717, 1.165) is 57.0 Å². The van der Waals surface area contributed by atoms with Crippen LogP contribution in [0.15, 0.2) is 36.4 Å². The summed E-state index contributed by atoms with van der Waals surface area (Å²) in [4.78, 5) is 2.55. The molecule has 3 aliphatic rings. The van der Waals surface area contributed by atoms with Gasteiger partial charge in [-0.1, -0.05) is 6.07 Å². The Bertz CT molecular complexity index is 1220. The van der Waals surface area contributed by atoms with E-state index in [-0.39, 0.29) is 29.0 Å². The van der Waals surface area contributed by atoms with E-state index in [2.05, 4.69) is 21.8 Å². The minimum Gasteiger partial charge on any atom is -0.487 e. The van der Waals surface area contributed by atoms with E-state index < -0.39 is 16.1 Å². The molecule has 1 aliphatic carbocycles. The number of benzene rings is 2. The maximum atomic E-state index is 11.5. The normalized spacial score (nSPS) is 22.2. The number of anilines is 1. The average molecular weight is 540 g/mol. The molecule has 0 unspecified atom stereocenters. The fourth-order valence-electron chi connectivity index (χ4n) is 5.64. The summed E-state index contributed by atoms with van der Waals surface area (Å²) in [5, 5.41) is 20.0. The van der Waals surface area contributed by atoms with Gasteiger partial charge in [0.05, 0.1) is 24.0 Å². The van der Waals surface area contributed by atoms with E-state index in [0.29, 0.717) is 29.5 Å². The minimum absolute atomic E-state index is 0. The molecule has 2 aliphatic heterocycles. The Morgan fingerprint density at radius 3 is 2.53 bits per heavy atom. The standard InChI is InChI=1S/C25H29N3O4S.ClH.2H2O/c1-33(30,31)27-20-5-7-24-22(14-20)23(29)15-25(32-24)8-10-28(11-9-25)21-6-4-18-12-17(16-26)2-3-19(18)13-21;;;/h2-3,5,7,12,14,21,23,27,29H,4,6,8-11,13,15H2,1H3;1H;2*1H2/t21-,23-;;;/m1.../s1. The van der Waals surface area contributed by atoms with Crippen LogP contribution >= 0.6 is 12.4 Å². The summed E-state index contributed by atoms with van der Waals surface area (Å²) >= 11 is 0. The molecular formula is C25H34ClN3O6S. The first kappa shape index (κ1) is 29.8. The van der Waals surface area contributed by atoms with Crippen LogP contribution < -0.4 is 9.46 Å². The van der Waals surface area contributed by atoms with Gasteiger partial charge in [0.1, 0.15) is 11.4 Å². The number of halogens is 1. The number of likely N-dealkylation sites (tertiary alicyclic amines) is 1. The molecule has 36 heavy (non-hydrogen) atoms. The topological polar surface area (TPSA) is 166 Å². The smallest absolute Gasteiger partial charge is 0.229 e. The molecule has 1 saturated heterocycles. The Labute approximate surface area is 218 Å². The lowest BCUT2D eigenvalue weighted by atomic mass is 9.80. The van der Waals surface area contributed by atoms with Crippen molar-refractivity contribution >= 4 is 28.1 Å². The highest BCUT2D eigenvalue weighted by Crippen LogP contribution is 2.45. The molecule has 9 nitrogen and oxygen atoms in total. The Balaban J connectivity index is 0.00000152. The molecule has 1 fully saturated rings. The number of nitrogens with zero attached hydrogens (tertiary/aromatic N) is 2. The van der Waals surface area contributed by atoms with E-state index in [9.17, 15) is 13.5 Å². The van der Waals surface area contributed by atoms with Gasteiger partial charge < -0.3 is 20.8 Å². The van der Waals surface area contributed by atoms with Crippen molar-refractivity contribution in [1.29, 1.82) is 5.26 Å². The molecule has 5 rings (SSSR count). The largest absolute Gasteiger partial charge is 0.487 e. The molecule has 2 aromatic carbocycles. The molecule has 2 aromatic rings. The number of aryl methyl sites for hydroxylation is 1. The zero-order valence-electron chi connectivity index (χ0n) is 20.2. The number of aliphatic hydroxyl groups is 1. The summed E-state index contributed by atoms with van der Waals surface area (Å²) < 4.78 is 32.0. The van der Waals surface area contributed by atoms with Crippen molar-refractivity contribution in [1.82, 2.24) is 4.90 Å². The van der Waals surface area contributed by atoms with Crippen LogP contribution in [0.1, 0.15) is 54.0 Å². The van der Waals surface area contributed by atoms with Crippen LogP contribution in [0.5, 0.6) is 5.75 Å². The molecule has 6 N–H and O–H groups in total. The van der Waals surface area contributed by atoms with Crippen LogP contribution in [0.2, 0.25) is 0 Å². The number of hydrogen-bond acceptors (Lipinski definition) is 6. The van der Waals surface area contributed by atoms with E-state index in [1.807, 2.05) is 12.1 Å². The summed E-state index contributed by atoms with van der Waals surface area (Å²) in [6.07, 6.45) is 5.75. The zero-order valence-corrected chi connectivity index (χ0v) is 21.8. The van der Waals surface area contributed by atoms with Crippen molar-refractivity contribution in [3.8, 4) is 11.8 Å². The van der Waals surface area contributed by atoms with Crippen molar-refractivity contribution in [3.63, 3.8) is 0 Å². The van der Waals surface area contributed by atoms with Gasteiger partial charge in [0.2, 0.25) is 10.0 Å². The van der Waals surface area contributed by atoms with E-state index in [1.165, 1.54) is 11.1 Å². The number of rotatable bonds is 3. The second-order valence-electron chi connectivity index (χ2n) is 9.66. The Hall–Kier alpha value is -2.39.